The van der Waals surface area contributed by atoms with Crippen LogP contribution in [-0.4, -0.2) is 51.7 Å². The normalized spacial score (nSPS) is 23.6. The topological polar surface area (TPSA) is 90.1 Å². The third-order valence-corrected chi connectivity index (χ3v) is 7.93. The minimum absolute atomic E-state index is 0.110. The zero-order valence-electron chi connectivity index (χ0n) is 20.0. The Morgan fingerprint density at radius 1 is 1.17 bits per heavy atom. The van der Waals surface area contributed by atoms with Gasteiger partial charge in [-0.15, -0.1) is 0 Å². The van der Waals surface area contributed by atoms with Crippen LogP contribution in [0.25, 0.3) is 11.0 Å². The molecule has 3 heterocycles. The van der Waals surface area contributed by atoms with E-state index in [1.165, 1.54) is 6.07 Å². The van der Waals surface area contributed by atoms with E-state index in [9.17, 15) is 10.1 Å². The largest absolute Gasteiger partial charge is 0.367 e. The average molecular weight is 474 g/mol. The van der Waals surface area contributed by atoms with E-state index < -0.39 is 0 Å². The molecule has 1 aliphatic heterocycles. The molecule has 9 heteroatoms. The molecule has 2 aromatic heterocycles. The Morgan fingerprint density at radius 2 is 1.91 bits per heavy atom. The van der Waals surface area contributed by atoms with Crippen LogP contribution in [0.2, 0.25) is 0 Å². The molecule has 0 radical (unpaired) electrons. The summed E-state index contributed by atoms with van der Waals surface area (Å²) in [5, 5.41) is 13.2. The van der Waals surface area contributed by atoms with E-state index in [0.717, 1.165) is 45.4 Å². The molecule has 0 atom stereocenters. The lowest BCUT2D eigenvalue weighted by Gasteiger charge is -2.62. The average Bonchev–Trinajstić information content (AvgIpc) is 2.79. The molecule has 4 fully saturated rings. The van der Waals surface area contributed by atoms with Crippen LogP contribution in [0.4, 0.5) is 21.7 Å². The molecule has 1 N–H and O–H groups in total. The summed E-state index contributed by atoms with van der Waals surface area (Å²) in [5.41, 5.74) is 1.24. The first-order valence-electron chi connectivity index (χ1n) is 12.3. The number of aromatic nitrogens is 3. The van der Waals surface area contributed by atoms with E-state index in [1.54, 1.807) is 22.9 Å². The summed E-state index contributed by atoms with van der Waals surface area (Å²) < 4.78 is 16.8. The third-order valence-electron chi connectivity index (χ3n) is 7.93. The maximum Gasteiger partial charge on any atom is 0.270 e. The number of hydrogen-bond donors (Lipinski definition) is 1. The fourth-order valence-corrected chi connectivity index (χ4v) is 5.83. The number of nitrogens with one attached hydrogen (secondary N) is 1. The highest BCUT2D eigenvalue weighted by Gasteiger charge is 2.59. The number of fused-ring (bicyclic) bond motifs is 1. The van der Waals surface area contributed by atoms with Gasteiger partial charge in [-0.25, -0.2) is 9.37 Å². The summed E-state index contributed by atoms with van der Waals surface area (Å²) in [5.74, 6) is 0.662. The summed E-state index contributed by atoms with van der Waals surface area (Å²) >= 11 is 0. The summed E-state index contributed by atoms with van der Waals surface area (Å²) in [7, 11) is 0. The number of hydrogen-bond acceptors (Lipinski definition) is 7. The van der Waals surface area contributed by atoms with Crippen molar-refractivity contribution < 1.29 is 4.39 Å². The molecule has 2 bridgehead atoms. The Morgan fingerprint density at radius 3 is 2.51 bits per heavy atom. The van der Waals surface area contributed by atoms with E-state index in [1.807, 2.05) is 12.1 Å². The predicted molar refractivity (Wildman–Crippen MR) is 132 cm³/mol. The molecule has 180 valence electrons. The van der Waals surface area contributed by atoms with Crippen LogP contribution >= 0.6 is 0 Å². The first-order chi connectivity index (χ1) is 16.9. The van der Waals surface area contributed by atoms with Crippen molar-refractivity contribution in [1.29, 1.82) is 5.26 Å². The molecule has 7 rings (SSSR count). The highest BCUT2D eigenvalue weighted by atomic mass is 19.1. The van der Waals surface area contributed by atoms with Crippen LogP contribution in [0.3, 0.4) is 0 Å². The van der Waals surface area contributed by atoms with Gasteiger partial charge in [-0.05, 0) is 63.3 Å². The zero-order chi connectivity index (χ0) is 24.3. The standard InChI is InChI=1S/C26H28FN7O/c1-16(2)32-5-7-33(8-6-32)22-4-3-20(10-21(22)27)30-25-29-15-19-9-18(14-28)24(35)34(23(19)31-25)26-11-17(12-26)13-26/h3-4,9-10,15-17H,5-8,11-13H2,1-2H3,(H,29,30,31). The monoisotopic (exact) mass is 473 g/mol. The van der Waals surface area contributed by atoms with Gasteiger partial charge in [0, 0.05) is 49.5 Å². The Labute approximate surface area is 203 Å². The second kappa shape index (κ2) is 8.02. The van der Waals surface area contributed by atoms with Gasteiger partial charge in [0.15, 0.2) is 0 Å². The van der Waals surface area contributed by atoms with Gasteiger partial charge >= 0.3 is 0 Å². The third kappa shape index (κ3) is 3.55. The number of rotatable bonds is 5. The molecule has 1 aromatic carbocycles. The van der Waals surface area contributed by atoms with Gasteiger partial charge in [0.25, 0.3) is 5.56 Å². The molecular formula is C26H28FN7O. The molecule has 35 heavy (non-hydrogen) atoms. The molecule has 3 aromatic rings. The second-order valence-electron chi connectivity index (χ2n) is 10.4. The first-order valence-corrected chi connectivity index (χ1v) is 12.3. The summed E-state index contributed by atoms with van der Waals surface area (Å²) in [6, 6.07) is 9.14. The van der Waals surface area contributed by atoms with Crippen molar-refractivity contribution in [3.05, 3.63) is 52.2 Å². The van der Waals surface area contributed by atoms with Crippen molar-refractivity contribution in [1.82, 2.24) is 19.4 Å². The maximum absolute atomic E-state index is 15.0. The SMILES string of the molecule is CC(C)N1CCN(c2ccc(Nc3ncc4cc(C#N)c(=O)n(C56CC(C5)C6)c4n3)cc2F)CC1. The van der Waals surface area contributed by atoms with E-state index in [4.69, 9.17) is 0 Å². The summed E-state index contributed by atoms with van der Waals surface area (Å²) in [6.07, 6.45) is 4.46. The molecular weight excluding hydrogens is 445 g/mol. The molecule has 0 unspecified atom stereocenters. The summed E-state index contributed by atoms with van der Waals surface area (Å²) in [4.78, 5) is 26.5. The van der Waals surface area contributed by atoms with Crippen molar-refractivity contribution >= 4 is 28.4 Å². The van der Waals surface area contributed by atoms with Crippen LogP contribution < -0.4 is 15.8 Å². The van der Waals surface area contributed by atoms with Crippen LogP contribution in [-0.2, 0) is 5.54 Å². The Kier molecular flexibility index (Phi) is 5.04. The lowest BCUT2D eigenvalue weighted by atomic mass is 9.49. The van der Waals surface area contributed by atoms with Crippen LogP contribution in [0, 0.1) is 23.1 Å². The number of piperazine rings is 1. The van der Waals surface area contributed by atoms with Crippen molar-refractivity contribution in [2.75, 3.05) is 36.4 Å². The predicted octanol–water partition coefficient (Wildman–Crippen LogP) is 3.59. The highest BCUT2D eigenvalue weighted by molar-refractivity contribution is 5.78. The lowest BCUT2D eigenvalue weighted by molar-refractivity contribution is -0.0884. The quantitative estimate of drug-likeness (QED) is 0.606. The minimum Gasteiger partial charge on any atom is -0.367 e. The Balaban J connectivity index is 1.27. The van der Waals surface area contributed by atoms with Gasteiger partial charge in [-0.1, -0.05) is 0 Å². The van der Waals surface area contributed by atoms with E-state index in [2.05, 4.69) is 38.9 Å². The van der Waals surface area contributed by atoms with Crippen molar-refractivity contribution in [3.8, 4) is 6.07 Å². The van der Waals surface area contributed by atoms with Crippen molar-refractivity contribution in [2.24, 2.45) is 5.92 Å². The second-order valence-corrected chi connectivity index (χ2v) is 10.4. The number of halogens is 1. The molecule has 8 nitrogen and oxygen atoms in total. The van der Waals surface area contributed by atoms with Crippen LogP contribution in [0.1, 0.15) is 38.7 Å². The smallest absolute Gasteiger partial charge is 0.270 e. The van der Waals surface area contributed by atoms with Crippen molar-refractivity contribution in [3.63, 3.8) is 0 Å². The minimum atomic E-state index is -0.296. The molecule has 1 saturated heterocycles. The van der Waals surface area contributed by atoms with Gasteiger partial charge < -0.3 is 10.2 Å². The highest BCUT2D eigenvalue weighted by Crippen LogP contribution is 2.62. The Hall–Kier alpha value is -3.51. The number of benzene rings is 1. The van der Waals surface area contributed by atoms with Gasteiger partial charge in [-0.3, -0.25) is 14.3 Å². The molecule has 0 amide bonds. The first kappa shape index (κ1) is 22.0. The number of pyridine rings is 1. The van der Waals surface area contributed by atoms with E-state index in [0.29, 0.717) is 40.3 Å². The molecule has 4 aliphatic rings. The van der Waals surface area contributed by atoms with Crippen molar-refractivity contribution in [2.45, 2.75) is 44.7 Å². The summed E-state index contributed by atoms with van der Waals surface area (Å²) in [6.45, 7) is 7.78. The van der Waals surface area contributed by atoms with Crippen LogP contribution in [0.5, 0.6) is 0 Å². The van der Waals surface area contributed by atoms with E-state index >= 15 is 4.39 Å². The molecule has 3 aliphatic carbocycles. The van der Waals surface area contributed by atoms with Gasteiger partial charge in [0.1, 0.15) is 23.1 Å². The number of nitrogens with zero attached hydrogens (tertiary/aromatic N) is 6. The lowest BCUT2D eigenvalue weighted by Crippen LogP contribution is -2.62. The Bertz CT molecular complexity index is 1400. The zero-order valence-corrected chi connectivity index (χ0v) is 20.0. The van der Waals surface area contributed by atoms with Gasteiger partial charge in [0.2, 0.25) is 5.95 Å². The number of nitriles is 1. The fourth-order valence-electron chi connectivity index (χ4n) is 5.83. The maximum atomic E-state index is 15.0. The molecule has 3 saturated carbocycles. The fraction of sp³-hybridized carbons (Fsp3) is 0.462. The van der Waals surface area contributed by atoms with Gasteiger partial charge in [-0.2, -0.15) is 10.2 Å². The van der Waals surface area contributed by atoms with Gasteiger partial charge in [0.05, 0.1) is 11.2 Å². The van der Waals surface area contributed by atoms with E-state index in [-0.39, 0.29) is 22.5 Å². The van der Waals surface area contributed by atoms with Crippen LogP contribution in [0.15, 0.2) is 35.3 Å². The number of anilines is 3. The molecule has 0 spiro atoms.